The molecule has 1 aliphatic heterocycles. The van der Waals surface area contributed by atoms with Gasteiger partial charge >= 0.3 is 0 Å². The van der Waals surface area contributed by atoms with Crippen LogP contribution in [0.5, 0.6) is 0 Å². The smallest absolute Gasteiger partial charge is 0.223 e. The van der Waals surface area contributed by atoms with E-state index in [2.05, 4.69) is 37.4 Å². The molecule has 1 aliphatic rings. The van der Waals surface area contributed by atoms with Gasteiger partial charge in [-0.15, -0.1) is 10.2 Å². The number of piperidine rings is 1. The highest BCUT2D eigenvalue weighted by atomic mass is 16.1. The first-order chi connectivity index (χ1) is 11.8. The van der Waals surface area contributed by atoms with E-state index in [4.69, 9.17) is 0 Å². The molecule has 2 aromatic rings. The summed E-state index contributed by atoms with van der Waals surface area (Å²) in [7, 11) is 0. The van der Waals surface area contributed by atoms with Crippen LogP contribution in [0.3, 0.4) is 0 Å². The van der Waals surface area contributed by atoms with E-state index in [9.17, 15) is 4.79 Å². The average Bonchev–Trinajstić information content (AvgIpc) is 3.17. The first kappa shape index (κ1) is 16.4. The number of rotatable bonds is 6. The minimum absolute atomic E-state index is 0.112. The molecule has 3 heterocycles. The van der Waals surface area contributed by atoms with Crippen molar-refractivity contribution in [2.45, 2.75) is 32.6 Å². The van der Waals surface area contributed by atoms with Gasteiger partial charge in [0.25, 0.3) is 0 Å². The third-order valence-corrected chi connectivity index (χ3v) is 4.31. The molecule has 128 valence electrons. The minimum atomic E-state index is 0.112. The first-order valence-electron chi connectivity index (χ1n) is 8.49. The Balaban J connectivity index is 1.52. The van der Waals surface area contributed by atoms with Crippen molar-refractivity contribution in [2.24, 2.45) is 5.92 Å². The topological polar surface area (TPSA) is 88.8 Å². The fourth-order valence-electron chi connectivity index (χ4n) is 2.84. The van der Waals surface area contributed by atoms with Gasteiger partial charge in [-0.3, -0.25) is 4.79 Å². The Labute approximate surface area is 141 Å². The van der Waals surface area contributed by atoms with Gasteiger partial charge in [0.05, 0.1) is 0 Å². The van der Waals surface area contributed by atoms with E-state index < -0.39 is 0 Å². The second kappa shape index (κ2) is 7.85. The molecule has 0 unspecified atom stereocenters. The number of carbonyl (C=O) groups excluding carboxylic acids is 1. The summed E-state index contributed by atoms with van der Waals surface area (Å²) in [6.07, 6.45) is 6.90. The normalized spacial score (nSPS) is 15.5. The van der Waals surface area contributed by atoms with Crippen molar-refractivity contribution < 1.29 is 4.79 Å². The third kappa shape index (κ3) is 3.87. The maximum Gasteiger partial charge on any atom is 0.223 e. The molecular formula is C16H23N7O. The molecule has 0 radical (unpaired) electrons. The summed E-state index contributed by atoms with van der Waals surface area (Å²) in [6, 6.07) is 3.81. The molecular weight excluding hydrogens is 306 g/mol. The quantitative estimate of drug-likeness (QED) is 0.801. The van der Waals surface area contributed by atoms with Gasteiger partial charge in [0.1, 0.15) is 12.7 Å². The van der Waals surface area contributed by atoms with Gasteiger partial charge in [0.15, 0.2) is 11.6 Å². The van der Waals surface area contributed by atoms with Gasteiger partial charge in [0, 0.05) is 25.6 Å². The zero-order valence-electron chi connectivity index (χ0n) is 13.9. The zero-order valence-corrected chi connectivity index (χ0v) is 13.9. The van der Waals surface area contributed by atoms with Crippen LogP contribution in [0.4, 0.5) is 5.82 Å². The van der Waals surface area contributed by atoms with Gasteiger partial charge in [-0.1, -0.05) is 13.3 Å². The Morgan fingerprint density at radius 2 is 2.00 bits per heavy atom. The zero-order chi connectivity index (χ0) is 16.8. The lowest BCUT2D eigenvalue weighted by Gasteiger charge is -2.31. The van der Waals surface area contributed by atoms with Gasteiger partial charge < -0.3 is 10.2 Å². The standard InChI is InChI=1S/C16H23N7O/c1-2-3-8-18-16(24)13-6-9-22(10-7-13)14-4-5-15(21-20-14)23-12-17-11-19-23/h4-5,11-13H,2-3,6-10H2,1H3,(H,18,24). The molecule has 1 amide bonds. The number of amides is 1. The molecule has 1 fully saturated rings. The summed E-state index contributed by atoms with van der Waals surface area (Å²) in [5, 5.41) is 15.5. The van der Waals surface area contributed by atoms with Crippen LogP contribution in [0, 0.1) is 5.92 Å². The van der Waals surface area contributed by atoms with Crippen LogP contribution in [0.2, 0.25) is 0 Å². The predicted molar refractivity (Wildman–Crippen MR) is 89.8 cm³/mol. The van der Waals surface area contributed by atoms with Crippen molar-refractivity contribution in [1.29, 1.82) is 0 Å². The van der Waals surface area contributed by atoms with E-state index in [1.807, 2.05) is 12.1 Å². The van der Waals surface area contributed by atoms with Crippen LogP contribution in [-0.4, -0.2) is 50.5 Å². The fourth-order valence-corrected chi connectivity index (χ4v) is 2.84. The maximum absolute atomic E-state index is 12.1. The van der Waals surface area contributed by atoms with Crippen molar-refractivity contribution in [2.75, 3.05) is 24.5 Å². The highest BCUT2D eigenvalue weighted by molar-refractivity contribution is 5.78. The van der Waals surface area contributed by atoms with Gasteiger partial charge in [-0.25, -0.2) is 9.67 Å². The summed E-state index contributed by atoms with van der Waals surface area (Å²) >= 11 is 0. The molecule has 2 aromatic heterocycles. The average molecular weight is 329 g/mol. The van der Waals surface area contributed by atoms with E-state index in [1.54, 1.807) is 11.0 Å². The summed E-state index contributed by atoms with van der Waals surface area (Å²) in [5.41, 5.74) is 0. The number of nitrogens with zero attached hydrogens (tertiary/aromatic N) is 6. The molecule has 3 rings (SSSR count). The number of unbranched alkanes of at least 4 members (excludes halogenated alkanes) is 1. The molecule has 24 heavy (non-hydrogen) atoms. The van der Waals surface area contributed by atoms with Gasteiger partial charge in [0.2, 0.25) is 5.91 Å². The minimum Gasteiger partial charge on any atom is -0.356 e. The Kier molecular flexibility index (Phi) is 5.35. The van der Waals surface area contributed by atoms with Gasteiger partial charge in [-0.2, -0.15) is 5.10 Å². The molecule has 0 spiro atoms. The third-order valence-electron chi connectivity index (χ3n) is 4.31. The summed E-state index contributed by atoms with van der Waals surface area (Å²) in [5.74, 6) is 1.78. The van der Waals surface area contributed by atoms with Crippen LogP contribution in [0.15, 0.2) is 24.8 Å². The van der Waals surface area contributed by atoms with Crippen molar-refractivity contribution in [1.82, 2.24) is 30.3 Å². The number of hydrogen-bond acceptors (Lipinski definition) is 6. The summed E-state index contributed by atoms with van der Waals surface area (Å²) in [6.45, 7) is 4.55. The van der Waals surface area contributed by atoms with E-state index in [1.165, 1.54) is 6.33 Å². The molecule has 8 heteroatoms. The van der Waals surface area contributed by atoms with E-state index in [0.29, 0.717) is 5.82 Å². The predicted octanol–water partition coefficient (Wildman–Crippen LogP) is 1.19. The lowest BCUT2D eigenvalue weighted by atomic mass is 9.96. The molecule has 0 saturated carbocycles. The number of anilines is 1. The van der Waals surface area contributed by atoms with Crippen molar-refractivity contribution >= 4 is 11.7 Å². The van der Waals surface area contributed by atoms with Crippen molar-refractivity contribution in [3.05, 3.63) is 24.8 Å². The van der Waals surface area contributed by atoms with Crippen LogP contribution < -0.4 is 10.2 Å². The summed E-state index contributed by atoms with van der Waals surface area (Å²) < 4.78 is 1.57. The van der Waals surface area contributed by atoms with Crippen molar-refractivity contribution in [3.63, 3.8) is 0 Å². The highest BCUT2D eigenvalue weighted by Crippen LogP contribution is 2.21. The monoisotopic (exact) mass is 329 g/mol. The molecule has 8 nitrogen and oxygen atoms in total. The maximum atomic E-state index is 12.1. The highest BCUT2D eigenvalue weighted by Gasteiger charge is 2.25. The first-order valence-corrected chi connectivity index (χ1v) is 8.49. The van der Waals surface area contributed by atoms with Crippen LogP contribution >= 0.6 is 0 Å². The van der Waals surface area contributed by atoms with E-state index >= 15 is 0 Å². The second-order valence-corrected chi connectivity index (χ2v) is 6.00. The molecule has 1 saturated heterocycles. The molecule has 0 bridgehead atoms. The number of nitrogens with one attached hydrogen (secondary N) is 1. The number of hydrogen-bond donors (Lipinski definition) is 1. The number of aromatic nitrogens is 5. The molecule has 1 N–H and O–H groups in total. The Hall–Kier alpha value is -2.51. The van der Waals surface area contributed by atoms with E-state index in [0.717, 1.165) is 51.1 Å². The van der Waals surface area contributed by atoms with E-state index in [-0.39, 0.29) is 11.8 Å². The summed E-state index contributed by atoms with van der Waals surface area (Å²) in [4.78, 5) is 18.2. The molecule has 0 aliphatic carbocycles. The van der Waals surface area contributed by atoms with Crippen molar-refractivity contribution in [3.8, 4) is 5.82 Å². The van der Waals surface area contributed by atoms with Gasteiger partial charge in [-0.05, 0) is 31.4 Å². The Bertz CT molecular complexity index is 633. The fraction of sp³-hybridized carbons (Fsp3) is 0.562. The number of carbonyl (C=O) groups is 1. The SMILES string of the molecule is CCCCNC(=O)C1CCN(c2ccc(-n3cncn3)nn2)CC1. The second-order valence-electron chi connectivity index (χ2n) is 6.00. The van der Waals surface area contributed by atoms with Crippen LogP contribution in [-0.2, 0) is 4.79 Å². The molecule has 0 aromatic carbocycles. The van der Waals surface area contributed by atoms with Crippen LogP contribution in [0.25, 0.3) is 5.82 Å². The molecule has 0 atom stereocenters. The largest absolute Gasteiger partial charge is 0.356 e. The lowest BCUT2D eigenvalue weighted by molar-refractivity contribution is -0.125. The lowest BCUT2D eigenvalue weighted by Crippen LogP contribution is -2.41. The Morgan fingerprint density at radius 3 is 2.62 bits per heavy atom. The Morgan fingerprint density at radius 1 is 1.25 bits per heavy atom. The van der Waals surface area contributed by atoms with Crippen LogP contribution in [0.1, 0.15) is 32.6 Å².